The number of benzene rings is 1. The van der Waals surface area contributed by atoms with Crippen LogP contribution in [0.5, 0.6) is 0 Å². The van der Waals surface area contributed by atoms with E-state index in [9.17, 15) is 0 Å². The summed E-state index contributed by atoms with van der Waals surface area (Å²) >= 11 is 0. The fraction of sp³-hybridized carbons (Fsp3) is 0.385. The van der Waals surface area contributed by atoms with Gasteiger partial charge in [-0.2, -0.15) is 0 Å². The number of rotatable bonds is 4. The van der Waals surface area contributed by atoms with Crippen molar-refractivity contribution in [1.82, 2.24) is 10.2 Å². The SMILES string of the molecule is CC(Nc1cccc(-c2nnco2)c1)C1CC1. The second kappa shape index (κ2) is 4.20. The normalized spacial score (nSPS) is 16.8. The van der Waals surface area contributed by atoms with E-state index in [1.807, 2.05) is 18.2 Å². The predicted molar refractivity (Wildman–Crippen MR) is 65.5 cm³/mol. The standard InChI is InChI=1S/C13H15N3O/c1-9(10-5-6-10)15-12-4-2-3-11(7-12)13-16-14-8-17-13/h2-4,7-10,15H,5-6H2,1H3. The molecule has 1 atom stereocenters. The highest BCUT2D eigenvalue weighted by molar-refractivity contribution is 5.61. The third kappa shape index (κ3) is 2.30. The minimum absolute atomic E-state index is 0.535. The van der Waals surface area contributed by atoms with Crippen molar-refractivity contribution < 1.29 is 4.42 Å². The number of aromatic nitrogens is 2. The highest BCUT2D eigenvalue weighted by Gasteiger charge is 2.27. The lowest BCUT2D eigenvalue weighted by Crippen LogP contribution is -2.17. The highest BCUT2D eigenvalue weighted by Crippen LogP contribution is 2.34. The van der Waals surface area contributed by atoms with Gasteiger partial charge in [0.15, 0.2) is 0 Å². The lowest BCUT2D eigenvalue weighted by molar-refractivity contribution is 0.568. The first kappa shape index (κ1) is 10.3. The maximum atomic E-state index is 5.19. The third-order valence-electron chi connectivity index (χ3n) is 3.19. The Morgan fingerprint density at radius 3 is 3.00 bits per heavy atom. The van der Waals surface area contributed by atoms with E-state index in [1.165, 1.54) is 19.2 Å². The van der Waals surface area contributed by atoms with Crippen molar-refractivity contribution in [3.63, 3.8) is 0 Å². The Hall–Kier alpha value is -1.84. The molecule has 1 N–H and O–H groups in total. The van der Waals surface area contributed by atoms with Crippen LogP contribution in [0.3, 0.4) is 0 Å². The Morgan fingerprint density at radius 1 is 1.41 bits per heavy atom. The Balaban J connectivity index is 1.79. The Labute approximate surface area is 100 Å². The van der Waals surface area contributed by atoms with Gasteiger partial charge in [0.2, 0.25) is 12.3 Å². The molecule has 17 heavy (non-hydrogen) atoms. The van der Waals surface area contributed by atoms with E-state index in [1.54, 1.807) is 0 Å². The van der Waals surface area contributed by atoms with Crippen LogP contribution in [-0.4, -0.2) is 16.2 Å². The second-order valence-electron chi connectivity index (χ2n) is 4.60. The number of anilines is 1. The molecule has 0 aliphatic heterocycles. The van der Waals surface area contributed by atoms with Gasteiger partial charge in [-0.15, -0.1) is 10.2 Å². The molecule has 0 amide bonds. The Kier molecular flexibility index (Phi) is 2.55. The zero-order valence-electron chi connectivity index (χ0n) is 9.76. The molecule has 4 heteroatoms. The zero-order chi connectivity index (χ0) is 11.7. The molecule has 3 rings (SSSR count). The second-order valence-corrected chi connectivity index (χ2v) is 4.60. The molecule has 0 spiro atoms. The van der Waals surface area contributed by atoms with E-state index >= 15 is 0 Å². The maximum absolute atomic E-state index is 5.19. The van der Waals surface area contributed by atoms with Crippen LogP contribution < -0.4 is 5.32 Å². The molecular formula is C13H15N3O. The summed E-state index contributed by atoms with van der Waals surface area (Å²) in [6, 6.07) is 8.63. The molecule has 88 valence electrons. The Bertz CT molecular complexity index is 491. The summed E-state index contributed by atoms with van der Waals surface area (Å²) < 4.78 is 5.19. The molecule has 1 aliphatic rings. The summed E-state index contributed by atoms with van der Waals surface area (Å²) in [5, 5.41) is 11.1. The van der Waals surface area contributed by atoms with E-state index in [4.69, 9.17) is 4.42 Å². The van der Waals surface area contributed by atoms with Crippen molar-refractivity contribution in [2.75, 3.05) is 5.32 Å². The van der Waals surface area contributed by atoms with Gasteiger partial charge in [0.1, 0.15) is 0 Å². The number of hydrogen-bond donors (Lipinski definition) is 1. The first-order valence-electron chi connectivity index (χ1n) is 5.96. The molecule has 0 saturated heterocycles. The molecule has 0 radical (unpaired) electrons. The molecule has 1 unspecified atom stereocenters. The van der Waals surface area contributed by atoms with Crippen molar-refractivity contribution in [3.8, 4) is 11.5 Å². The van der Waals surface area contributed by atoms with Crippen molar-refractivity contribution in [2.45, 2.75) is 25.8 Å². The lowest BCUT2D eigenvalue weighted by Gasteiger charge is -2.14. The van der Waals surface area contributed by atoms with Crippen LogP contribution in [-0.2, 0) is 0 Å². The monoisotopic (exact) mass is 229 g/mol. The summed E-state index contributed by atoms with van der Waals surface area (Å²) in [4.78, 5) is 0. The van der Waals surface area contributed by atoms with E-state index in [0.717, 1.165) is 17.2 Å². The minimum atomic E-state index is 0.535. The van der Waals surface area contributed by atoms with Crippen LogP contribution in [0.1, 0.15) is 19.8 Å². The number of nitrogens with one attached hydrogen (secondary N) is 1. The van der Waals surface area contributed by atoms with Gasteiger partial charge in [-0.3, -0.25) is 0 Å². The van der Waals surface area contributed by atoms with Gasteiger partial charge >= 0.3 is 0 Å². The first-order valence-corrected chi connectivity index (χ1v) is 5.96. The van der Waals surface area contributed by atoms with Gasteiger partial charge in [-0.25, -0.2) is 0 Å². The number of hydrogen-bond acceptors (Lipinski definition) is 4. The summed E-state index contributed by atoms with van der Waals surface area (Å²) in [6.45, 7) is 2.23. The molecule has 1 aromatic heterocycles. The first-order chi connectivity index (χ1) is 8.33. The molecule has 0 bridgehead atoms. The largest absolute Gasteiger partial charge is 0.423 e. The summed E-state index contributed by atoms with van der Waals surface area (Å²) in [5.74, 6) is 1.40. The summed E-state index contributed by atoms with van der Waals surface area (Å²) in [7, 11) is 0. The van der Waals surface area contributed by atoms with Crippen LogP contribution in [0.25, 0.3) is 11.5 Å². The van der Waals surface area contributed by atoms with Gasteiger partial charge in [0.05, 0.1) is 0 Å². The maximum Gasteiger partial charge on any atom is 0.247 e. The van der Waals surface area contributed by atoms with Gasteiger partial charge in [0.25, 0.3) is 0 Å². The molecule has 1 saturated carbocycles. The van der Waals surface area contributed by atoms with Crippen LogP contribution in [0, 0.1) is 5.92 Å². The van der Waals surface area contributed by atoms with Crippen LogP contribution in [0.15, 0.2) is 35.1 Å². The quantitative estimate of drug-likeness (QED) is 0.875. The van der Waals surface area contributed by atoms with E-state index in [0.29, 0.717) is 11.9 Å². The van der Waals surface area contributed by atoms with Crippen molar-refractivity contribution >= 4 is 5.69 Å². The molecule has 4 nitrogen and oxygen atoms in total. The fourth-order valence-corrected chi connectivity index (χ4v) is 2.02. The molecule has 1 fully saturated rings. The van der Waals surface area contributed by atoms with Crippen molar-refractivity contribution in [1.29, 1.82) is 0 Å². The predicted octanol–water partition coefficient (Wildman–Crippen LogP) is 2.95. The van der Waals surface area contributed by atoms with E-state index < -0.39 is 0 Å². The summed E-state index contributed by atoms with van der Waals surface area (Å²) in [5.41, 5.74) is 2.07. The van der Waals surface area contributed by atoms with Gasteiger partial charge in [0, 0.05) is 17.3 Å². The van der Waals surface area contributed by atoms with Gasteiger partial charge in [-0.1, -0.05) is 6.07 Å². The number of nitrogens with zero attached hydrogens (tertiary/aromatic N) is 2. The summed E-state index contributed by atoms with van der Waals surface area (Å²) in [6.07, 6.45) is 4.04. The topological polar surface area (TPSA) is 51.0 Å². The molecule has 2 aromatic rings. The molecule has 1 aromatic carbocycles. The average molecular weight is 229 g/mol. The van der Waals surface area contributed by atoms with E-state index in [2.05, 4.69) is 28.5 Å². The van der Waals surface area contributed by atoms with Gasteiger partial charge < -0.3 is 9.73 Å². The third-order valence-corrected chi connectivity index (χ3v) is 3.19. The molecule has 1 aliphatic carbocycles. The highest BCUT2D eigenvalue weighted by atomic mass is 16.4. The minimum Gasteiger partial charge on any atom is -0.423 e. The van der Waals surface area contributed by atoms with Gasteiger partial charge in [-0.05, 0) is 43.9 Å². The lowest BCUT2D eigenvalue weighted by atomic mass is 10.1. The molecule has 1 heterocycles. The van der Waals surface area contributed by atoms with Crippen LogP contribution >= 0.6 is 0 Å². The van der Waals surface area contributed by atoms with E-state index in [-0.39, 0.29) is 0 Å². The van der Waals surface area contributed by atoms with Crippen molar-refractivity contribution in [2.24, 2.45) is 5.92 Å². The van der Waals surface area contributed by atoms with Crippen molar-refractivity contribution in [3.05, 3.63) is 30.7 Å². The Morgan fingerprint density at radius 2 is 2.29 bits per heavy atom. The van der Waals surface area contributed by atoms with Crippen LogP contribution in [0.2, 0.25) is 0 Å². The average Bonchev–Trinajstić information content (AvgIpc) is 3.05. The van der Waals surface area contributed by atoms with Crippen LogP contribution in [0.4, 0.5) is 5.69 Å². The molecular weight excluding hydrogens is 214 g/mol. The smallest absolute Gasteiger partial charge is 0.247 e. The zero-order valence-corrected chi connectivity index (χ0v) is 9.76. The fourth-order valence-electron chi connectivity index (χ4n) is 2.02.